The van der Waals surface area contributed by atoms with Crippen molar-refractivity contribution < 1.29 is 17.9 Å². The zero-order valence-corrected chi connectivity index (χ0v) is 13.5. The minimum absolute atomic E-state index is 0.358. The summed E-state index contributed by atoms with van der Waals surface area (Å²) in [6.07, 6.45) is 0.633. The number of thiophene rings is 1. The molecular weight excluding hydrogens is 300 g/mol. The van der Waals surface area contributed by atoms with Gasteiger partial charge in [0.25, 0.3) is 0 Å². The molecule has 1 aromatic rings. The molecule has 0 atom stereocenters. The molecule has 0 saturated carbocycles. The molecule has 0 aromatic carbocycles. The maximum Gasteiger partial charge on any atom is 0.241 e. The molecule has 0 aliphatic rings. The van der Waals surface area contributed by atoms with Crippen molar-refractivity contribution in [2.75, 3.05) is 40.5 Å². The number of ether oxygens (including phenoxy) is 2. The van der Waals surface area contributed by atoms with E-state index in [2.05, 4.69) is 10.0 Å². The highest BCUT2D eigenvalue weighted by Gasteiger charge is 2.18. The second-order valence-electron chi connectivity index (χ2n) is 4.09. The standard InChI is InChI=1S/C12H22N2O4S2/c1-13-10-11-12(4-9-19-11)20(15,16)14-5-3-6-18-8-7-17-2/h4,9,13-14H,3,5-8,10H2,1-2H3. The van der Waals surface area contributed by atoms with Crippen LogP contribution in [0.15, 0.2) is 16.3 Å². The highest BCUT2D eigenvalue weighted by Crippen LogP contribution is 2.21. The first-order chi connectivity index (χ1) is 9.61. The van der Waals surface area contributed by atoms with E-state index in [-0.39, 0.29) is 0 Å². The molecular formula is C12H22N2O4S2. The van der Waals surface area contributed by atoms with Crippen molar-refractivity contribution in [3.05, 3.63) is 16.3 Å². The zero-order valence-electron chi connectivity index (χ0n) is 11.8. The molecule has 20 heavy (non-hydrogen) atoms. The highest BCUT2D eigenvalue weighted by molar-refractivity contribution is 7.89. The van der Waals surface area contributed by atoms with Crippen LogP contribution in [0.2, 0.25) is 0 Å². The molecule has 1 aromatic heterocycles. The van der Waals surface area contributed by atoms with E-state index in [1.54, 1.807) is 25.6 Å². The third kappa shape index (κ3) is 5.86. The Bertz CT molecular complexity index is 474. The molecule has 8 heteroatoms. The smallest absolute Gasteiger partial charge is 0.241 e. The van der Waals surface area contributed by atoms with Crippen LogP contribution in [0.1, 0.15) is 11.3 Å². The molecule has 0 aliphatic heterocycles. The molecule has 0 unspecified atom stereocenters. The van der Waals surface area contributed by atoms with Crippen LogP contribution in [0.5, 0.6) is 0 Å². The molecule has 116 valence electrons. The van der Waals surface area contributed by atoms with Gasteiger partial charge in [-0.1, -0.05) is 0 Å². The van der Waals surface area contributed by atoms with Crippen molar-refractivity contribution in [3.8, 4) is 0 Å². The minimum Gasteiger partial charge on any atom is -0.382 e. The lowest BCUT2D eigenvalue weighted by Crippen LogP contribution is -2.26. The number of hydrogen-bond donors (Lipinski definition) is 2. The van der Waals surface area contributed by atoms with Crippen molar-refractivity contribution in [2.24, 2.45) is 0 Å². The SMILES string of the molecule is CNCc1sccc1S(=O)(=O)NCCCOCCOC. The molecule has 1 rings (SSSR count). The van der Waals surface area contributed by atoms with E-state index < -0.39 is 10.0 Å². The third-order valence-corrected chi connectivity index (χ3v) is 5.12. The number of hydrogen-bond acceptors (Lipinski definition) is 6. The number of sulfonamides is 1. The number of rotatable bonds is 11. The predicted octanol–water partition coefficient (Wildman–Crippen LogP) is 0.799. The van der Waals surface area contributed by atoms with E-state index in [0.29, 0.717) is 44.2 Å². The lowest BCUT2D eigenvalue weighted by Gasteiger charge is -2.08. The Morgan fingerprint density at radius 2 is 2.10 bits per heavy atom. The molecule has 2 N–H and O–H groups in total. The monoisotopic (exact) mass is 322 g/mol. The Morgan fingerprint density at radius 3 is 2.80 bits per heavy atom. The fourth-order valence-electron chi connectivity index (χ4n) is 1.56. The fourth-order valence-corrected chi connectivity index (χ4v) is 4.09. The quantitative estimate of drug-likeness (QED) is 0.589. The fraction of sp³-hybridized carbons (Fsp3) is 0.667. The van der Waals surface area contributed by atoms with E-state index >= 15 is 0 Å². The van der Waals surface area contributed by atoms with Gasteiger partial charge in [-0.25, -0.2) is 13.1 Å². The topological polar surface area (TPSA) is 76.7 Å². The van der Waals surface area contributed by atoms with Gasteiger partial charge >= 0.3 is 0 Å². The van der Waals surface area contributed by atoms with Gasteiger partial charge in [0.15, 0.2) is 0 Å². The van der Waals surface area contributed by atoms with Crippen LogP contribution in [-0.4, -0.2) is 48.9 Å². The van der Waals surface area contributed by atoms with Crippen molar-refractivity contribution in [2.45, 2.75) is 17.9 Å². The lowest BCUT2D eigenvalue weighted by atomic mass is 10.5. The zero-order chi connectivity index (χ0) is 14.8. The largest absolute Gasteiger partial charge is 0.382 e. The summed E-state index contributed by atoms with van der Waals surface area (Å²) < 4.78 is 37.0. The summed E-state index contributed by atoms with van der Waals surface area (Å²) in [4.78, 5) is 1.17. The van der Waals surface area contributed by atoms with Gasteiger partial charge in [-0.15, -0.1) is 11.3 Å². The van der Waals surface area contributed by atoms with Gasteiger partial charge in [0.2, 0.25) is 10.0 Å². The minimum atomic E-state index is -3.43. The first-order valence-electron chi connectivity index (χ1n) is 6.39. The summed E-state index contributed by atoms with van der Waals surface area (Å²) in [5, 5.41) is 4.75. The summed E-state index contributed by atoms with van der Waals surface area (Å²) >= 11 is 1.43. The van der Waals surface area contributed by atoms with E-state index in [9.17, 15) is 8.42 Å². The van der Waals surface area contributed by atoms with E-state index in [1.165, 1.54) is 11.3 Å². The number of nitrogens with one attached hydrogen (secondary N) is 2. The Balaban J connectivity index is 2.36. The van der Waals surface area contributed by atoms with Gasteiger partial charge in [-0.3, -0.25) is 0 Å². The van der Waals surface area contributed by atoms with E-state index in [0.717, 1.165) is 4.88 Å². The predicted molar refractivity (Wildman–Crippen MR) is 79.6 cm³/mol. The molecule has 0 spiro atoms. The maximum atomic E-state index is 12.1. The average Bonchev–Trinajstić information content (AvgIpc) is 2.87. The van der Waals surface area contributed by atoms with E-state index in [4.69, 9.17) is 9.47 Å². The van der Waals surface area contributed by atoms with Gasteiger partial charge in [-0.2, -0.15) is 0 Å². The third-order valence-electron chi connectivity index (χ3n) is 2.52. The van der Waals surface area contributed by atoms with Gasteiger partial charge < -0.3 is 14.8 Å². The summed E-state index contributed by atoms with van der Waals surface area (Å²) in [5.74, 6) is 0. The van der Waals surface area contributed by atoms with Gasteiger partial charge in [0, 0.05) is 31.7 Å². The van der Waals surface area contributed by atoms with Crippen LogP contribution in [0.3, 0.4) is 0 Å². The van der Waals surface area contributed by atoms with Crippen LogP contribution in [0.25, 0.3) is 0 Å². The summed E-state index contributed by atoms with van der Waals surface area (Å²) in [6.45, 7) is 2.51. The molecule has 0 bridgehead atoms. The first kappa shape index (κ1) is 17.5. The Hall–Kier alpha value is -0.510. The van der Waals surface area contributed by atoms with Crippen LogP contribution in [0, 0.1) is 0 Å². The Kier molecular flexibility index (Phi) is 8.27. The highest BCUT2D eigenvalue weighted by atomic mass is 32.2. The molecule has 0 amide bonds. The molecule has 0 fully saturated rings. The summed E-state index contributed by atoms with van der Waals surface area (Å²) in [5.41, 5.74) is 0. The molecule has 0 radical (unpaired) electrons. The van der Waals surface area contributed by atoms with E-state index in [1.807, 2.05) is 0 Å². The Labute approximate surface area is 124 Å². The number of methoxy groups -OCH3 is 1. The van der Waals surface area contributed by atoms with Crippen molar-refractivity contribution in [1.82, 2.24) is 10.0 Å². The second kappa shape index (κ2) is 9.43. The summed E-state index contributed by atoms with van der Waals surface area (Å²) in [6, 6.07) is 1.63. The van der Waals surface area contributed by atoms with Crippen LogP contribution < -0.4 is 10.0 Å². The average molecular weight is 322 g/mol. The van der Waals surface area contributed by atoms with Crippen LogP contribution >= 0.6 is 11.3 Å². The maximum absolute atomic E-state index is 12.1. The second-order valence-corrected chi connectivity index (χ2v) is 6.83. The van der Waals surface area contributed by atoms with Gasteiger partial charge in [-0.05, 0) is 24.9 Å². The lowest BCUT2D eigenvalue weighted by molar-refractivity contribution is 0.0699. The molecule has 0 aliphatic carbocycles. The summed E-state index contributed by atoms with van der Waals surface area (Å²) in [7, 11) is -0.0223. The first-order valence-corrected chi connectivity index (χ1v) is 8.75. The molecule has 1 heterocycles. The van der Waals surface area contributed by atoms with Gasteiger partial charge in [0.05, 0.1) is 18.1 Å². The van der Waals surface area contributed by atoms with Gasteiger partial charge in [0.1, 0.15) is 0 Å². The van der Waals surface area contributed by atoms with Crippen LogP contribution in [-0.2, 0) is 26.0 Å². The molecule has 6 nitrogen and oxygen atoms in total. The van der Waals surface area contributed by atoms with Crippen LogP contribution in [0.4, 0.5) is 0 Å². The van der Waals surface area contributed by atoms with Crippen molar-refractivity contribution in [1.29, 1.82) is 0 Å². The van der Waals surface area contributed by atoms with Crippen molar-refractivity contribution >= 4 is 21.4 Å². The normalized spacial score (nSPS) is 11.9. The van der Waals surface area contributed by atoms with Crippen molar-refractivity contribution in [3.63, 3.8) is 0 Å². The Morgan fingerprint density at radius 1 is 1.30 bits per heavy atom. The molecule has 0 saturated heterocycles.